The van der Waals surface area contributed by atoms with Gasteiger partial charge in [-0.1, -0.05) is 11.6 Å². The van der Waals surface area contributed by atoms with Crippen molar-refractivity contribution in [3.05, 3.63) is 41.2 Å². The molecule has 0 N–H and O–H groups in total. The first-order valence-corrected chi connectivity index (χ1v) is 7.89. The second kappa shape index (κ2) is 7.90. The molecule has 0 radical (unpaired) electrons. The summed E-state index contributed by atoms with van der Waals surface area (Å²) in [6, 6.07) is 3.74. The number of hydrogen-bond acceptors (Lipinski definition) is 5. The maximum absolute atomic E-state index is 12.5. The molecule has 0 spiro atoms. The largest absolute Gasteiger partial charge is 0.501 e. The van der Waals surface area contributed by atoms with Crippen LogP contribution in [0.1, 0.15) is 31.7 Å². The van der Waals surface area contributed by atoms with E-state index in [1.165, 1.54) is 0 Å². The Morgan fingerprint density at radius 3 is 2.42 bits per heavy atom. The molecule has 0 aromatic heterocycles. The van der Waals surface area contributed by atoms with Crippen LogP contribution in [0.4, 0.5) is 0 Å². The quantitative estimate of drug-likeness (QED) is 0.588. The average Bonchev–Trinajstić information content (AvgIpc) is 2.58. The molecule has 0 amide bonds. The highest BCUT2D eigenvalue weighted by atomic mass is 16.5. The van der Waals surface area contributed by atoms with E-state index in [0.717, 1.165) is 17.6 Å². The van der Waals surface area contributed by atoms with Crippen LogP contribution in [-0.2, 0) is 9.53 Å². The molecule has 0 saturated carbocycles. The second-order valence-electron chi connectivity index (χ2n) is 5.56. The minimum Gasteiger partial charge on any atom is -0.501 e. The maximum Gasteiger partial charge on any atom is 0.203 e. The minimum absolute atomic E-state index is 0.0333. The standard InChI is InChI=1S/C19H24O5/c1-6-24-11-15-14(9-12(2)10-16(15)20)13-7-8-17(21-3)19(23-5)18(13)22-4/h7-8,10-11,14H,6,9H2,1-5H3/b15-11+/t14-/m0/s1. The van der Waals surface area contributed by atoms with Gasteiger partial charge < -0.3 is 18.9 Å². The Balaban J connectivity index is 2.59. The summed E-state index contributed by atoms with van der Waals surface area (Å²) in [5.41, 5.74) is 2.52. The summed E-state index contributed by atoms with van der Waals surface area (Å²) in [6.07, 6.45) is 3.94. The molecule has 0 heterocycles. The van der Waals surface area contributed by atoms with Crippen LogP contribution in [0.25, 0.3) is 0 Å². The molecule has 2 rings (SSSR count). The Hall–Kier alpha value is -2.43. The fraction of sp³-hybridized carbons (Fsp3) is 0.421. The van der Waals surface area contributed by atoms with E-state index in [-0.39, 0.29) is 11.7 Å². The Bertz CT molecular complexity index is 673. The van der Waals surface area contributed by atoms with E-state index >= 15 is 0 Å². The van der Waals surface area contributed by atoms with E-state index in [4.69, 9.17) is 18.9 Å². The molecule has 0 bridgehead atoms. The van der Waals surface area contributed by atoms with Crippen LogP contribution in [0.3, 0.4) is 0 Å². The number of methoxy groups -OCH3 is 3. The predicted molar refractivity (Wildman–Crippen MR) is 91.9 cm³/mol. The minimum atomic E-state index is -0.149. The summed E-state index contributed by atoms with van der Waals surface area (Å²) >= 11 is 0. The number of carbonyl (C=O) groups is 1. The van der Waals surface area contributed by atoms with Gasteiger partial charge in [0, 0.05) is 17.1 Å². The van der Waals surface area contributed by atoms with Crippen molar-refractivity contribution in [2.24, 2.45) is 0 Å². The van der Waals surface area contributed by atoms with Crippen LogP contribution in [0.2, 0.25) is 0 Å². The van der Waals surface area contributed by atoms with Gasteiger partial charge in [0.2, 0.25) is 5.75 Å². The lowest BCUT2D eigenvalue weighted by molar-refractivity contribution is -0.112. The smallest absolute Gasteiger partial charge is 0.203 e. The van der Waals surface area contributed by atoms with Crippen molar-refractivity contribution in [3.63, 3.8) is 0 Å². The molecule has 24 heavy (non-hydrogen) atoms. The molecule has 0 saturated heterocycles. The number of ketones is 1. The molecule has 1 aromatic carbocycles. The lowest BCUT2D eigenvalue weighted by Crippen LogP contribution is -2.17. The van der Waals surface area contributed by atoms with Crippen LogP contribution >= 0.6 is 0 Å². The average molecular weight is 332 g/mol. The van der Waals surface area contributed by atoms with Gasteiger partial charge in [-0.15, -0.1) is 0 Å². The normalized spacial score (nSPS) is 19.0. The number of allylic oxidation sites excluding steroid dienone is 3. The zero-order chi connectivity index (χ0) is 17.7. The fourth-order valence-corrected chi connectivity index (χ4v) is 2.96. The number of ether oxygens (including phenoxy) is 4. The zero-order valence-electron chi connectivity index (χ0n) is 14.8. The first-order chi connectivity index (χ1) is 11.6. The first-order valence-electron chi connectivity index (χ1n) is 7.89. The third-order valence-electron chi connectivity index (χ3n) is 4.05. The van der Waals surface area contributed by atoms with Crippen molar-refractivity contribution < 1.29 is 23.7 Å². The van der Waals surface area contributed by atoms with Gasteiger partial charge in [0.25, 0.3) is 0 Å². The Morgan fingerprint density at radius 1 is 1.12 bits per heavy atom. The molecule has 5 heteroatoms. The predicted octanol–water partition coefficient (Wildman–Crippen LogP) is 3.64. The van der Waals surface area contributed by atoms with Gasteiger partial charge in [0.1, 0.15) is 0 Å². The maximum atomic E-state index is 12.5. The van der Waals surface area contributed by atoms with E-state index in [1.807, 2.05) is 26.0 Å². The number of carbonyl (C=O) groups excluding carboxylic acids is 1. The van der Waals surface area contributed by atoms with Gasteiger partial charge in [0.15, 0.2) is 17.3 Å². The number of benzene rings is 1. The van der Waals surface area contributed by atoms with Crippen LogP contribution in [0, 0.1) is 0 Å². The van der Waals surface area contributed by atoms with Gasteiger partial charge in [0.05, 0.1) is 34.2 Å². The van der Waals surface area contributed by atoms with Gasteiger partial charge in [-0.3, -0.25) is 4.79 Å². The van der Waals surface area contributed by atoms with Crippen LogP contribution < -0.4 is 14.2 Å². The summed E-state index contributed by atoms with van der Waals surface area (Å²) in [4.78, 5) is 12.5. The van der Waals surface area contributed by atoms with Crippen molar-refractivity contribution in [3.8, 4) is 17.2 Å². The third-order valence-corrected chi connectivity index (χ3v) is 4.05. The van der Waals surface area contributed by atoms with Gasteiger partial charge in [-0.05, 0) is 32.4 Å². The Morgan fingerprint density at radius 2 is 1.83 bits per heavy atom. The molecule has 1 atom stereocenters. The van der Waals surface area contributed by atoms with E-state index in [9.17, 15) is 4.79 Å². The van der Waals surface area contributed by atoms with Gasteiger partial charge in [-0.25, -0.2) is 0 Å². The lowest BCUT2D eigenvalue weighted by atomic mass is 9.79. The molecule has 0 aliphatic heterocycles. The van der Waals surface area contributed by atoms with Crippen molar-refractivity contribution in [1.82, 2.24) is 0 Å². The fourth-order valence-electron chi connectivity index (χ4n) is 2.96. The molecule has 0 unspecified atom stereocenters. The van der Waals surface area contributed by atoms with Crippen LogP contribution in [-0.4, -0.2) is 33.7 Å². The van der Waals surface area contributed by atoms with E-state index in [2.05, 4.69) is 0 Å². The third kappa shape index (κ3) is 3.40. The van der Waals surface area contributed by atoms with Crippen LogP contribution in [0.5, 0.6) is 17.2 Å². The van der Waals surface area contributed by atoms with E-state index < -0.39 is 0 Å². The van der Waals surface area contributed by atoms with E-state index in [0.29, 0.717) is 29.4 Å². The molecule has 1 aromatic rings. The number of hydrogen-bond donors (Lipinski definition) is 0. The van der Waals surface area contributed by atoms with Crippen LogP contribution in [0.15, 0.2) is 35.6 Å². The van der Waals surface area contributed by atoms with Gasteiger partial charge in [-0.2, -0.15) is 0 Å². The first kappa shape index (κ1) is 17.9. The summed E-state index contributed by atoms with van der Waals surface area (Å²) in [7, 11) is 4.73. The van der Waals surface area contributed by atoms with E-state index in [1.54, 1.807) is 33.7 Å². The molecule has 1 aliphatic carbocycles. The van der Waals surface area contributed by atoms with Crippen molar-refractivity contribution >= 4 is 5.78 Å². The summed E-state index contributed by atoms with van der Waals surface area (Å²) in [6.45, 7) is 4.35. The topological polar surface area (TPSA) is 54.0 Å². The second-order valence-corrected chi connectivity index (χ2v) is 5.56. The summed E-state index contributed by atoms with van der Waals surface area (Å²) in [5.74, 6) is 1.50. The highest BCUT2D eigenvalue weighted by Gasteiger charge is 2.31. The zero-order valence-corrected chi connectivity index (χ0v) is 14.8. The SMILES string of the molecule is CCO/C=C1/C(=O)C=C(C)C[C@H]1c1ccc(OC)c(OC)c1OC. The molecule has 130 valence electrons. The molecular formula is C19H24O5. The molecule has 5 nitrogen and oxygen atoms in total. The highest BCUT2D eigenvalue weighted by Crippen LogP contribution is 2.47. The van der Waals surface area contributed by atoms with Crippen molar-refractivity contribution in [1.29, 1.82) is 0 Å². The Labute approximate surface area is 142 Å². The number of rotatable bonds is 6. The molecule has 0 fully saturated rings. The van der Waals surface area contributed by atoms with Crippen molar-refractivity contribution in [2.45, 2.75) is 26.2 Å². The van der Waals surface area contributed by atoms with Crippen molar-refractivity contribution in [2.75, 3.05) is 27.9 Å². The summed E-state index contributed by atoms with van der Waals surface area (Å²) < 4.78 is 21.8. The molecular weight excluding hydrogens is 308 g/mol. The highest BCUT2D eigenvalue weighted by molar-refractivity contribution is 6.06. The summed E-state index contributed by atoms with van der Waals surface area (Å²) in [5, 5.41) is 0. The Kier molecular flexibility index (Phi) is 5.90. The lowest BCUT2D eigenvalue weighted by Gasteiger charge is -2.26. The monoisotopic (exact) mass is 332 g/mol. The van der Waals surface area contributed by atoms with Gasteiger partial charge >= 0.3 is 0 Å². The molecule has 1 aliphatic rings.